The van der Waals surface area contributed by atoms with Gasteiger partial charge in [-0.2, -0.15) is 0 Å². The van der Waals surface area contributed by atoms with E-state index < -0.39 is 0 Å². The van der Waals surface area contributed by atoms with Crippen molar-refractivity contribution >= 4 is 11.5 Å². The lowest BCUT2D eigenvalue weighted by Crippen LogP contribution is -2.32. The third-order valence-corrected chi connectivity index (χ3v) is 3.90. The van der Waals surface area contributed by atoms with Crippen LogP contribution in [0.25, 0.3) is 0 Å². The van der Waals surface area contributed by atoms with E-state index in [4.69, 9.17) is 10.9 Å². The number of likely N-dealkylation sites (tertiary alicyclic amines) is 1. The van der Waals surface area contributed by atoms with Gasteiger partial charge in [0.2, 0.25) is 0 Å². The first-order valence-corrected chi connectivity index (χ1v) is 7.14. The zero-order valence-corrected chi connectivity index (χ0v) is 12.3. The molecule has 0 spiro atoms. The summed E-state index contributed by atoms with van der Waals surface area (Å²) in [5, 5.41) is 12.0. The van der Waals surface area contributed by atoms with Gasteiger partial charge >= 0.3 is 0 Å². The number of amidine groups is 1. The quantitative estimate of drug-likeness (QED) is 0.371. The van der Waals surface area contributed by atoms with Crippen molar-refractivity contribution < 1.29 is 5.21 Å². The number of nitrogens with zero attached hydrogens (tertiary/aromatic N) is 3. The van der Waals surface area contributed by atoms with Crippen molar-refractivity contribution in [1.29, 1.82) is 0 Å². The van der Waals surface area contributed by atoms with Crippen LogP contribution in [-0.2, 0) is 0 Å². The average Bonchev–Trinajstić information content (AvgIpc) is 2.97. The minimum Gasteiger partial charge on any atom is -0.409 e. The summed E-state index contributed by atoms with van der Waals surface area (Å²) in [5.41, 5.74) is 8.73. The fourth-order valence-electron chi connectivity index (χ4n) is 2.65. The summed E-state index contributed by atoms with van der Waals surface area (Å²) < 4.78 is 0. The van der Waals surface area contributed by atoms with E-state index >= 15 is 0 Å². The second-order valence-electron chi connectivity index (χ2n) is 5.48. The zero-order chi connectivity index (χ0) is 14.5. The first-order valence-electron chi connectivity index (χ1n) is 7.14. The highest BCUT2D eigenvalue weighted by Gasteiger charge is 2.15. The van der Waals surface area contributed by atoms with Gasteiger partial charge in [0, 0.05) is 31.4 Å². The number of rotatable bonds is 5. The van der Waals surface area contributed by atoms with Gasteiger partial charge in [-0.05, 0) is 50.6 Å². The second-order valence-corrected chi connectivity index (χ2v) is 5.48. The Kier molecular flexibility index (Phi) is 4.84. The number of anilines is 1. The topological polar surface area (TPSA) is 65.1 Å². The summed E-state index contributed by atoms with van der Waals surface area (Å²) in [6, 6.07) is 5.97. The highest BCUT2D eigenvalue weighted by molar-refractivity contribution is 6.02. The molecule has 2 rings (SSSR count). The summed E-state index contributed by atoms with van der Waals surface area (Å²) in [6.07, 6.45) is 2.62. The number of hydrogen-bond acceptors (Lipinski definition) is 4. The molecule has 1 aromatic carbocycles. The van der Waals surface area contributed by atoms with Gasteiger partial charge in [-0.3, -0.25) is 0 Å². The minimum atomic E-state index is 0.160. The normalized spacial score (nSPS) is 16.6. The Bertz CT molecular complexity index is 481. The van der Waals surface area contributed by atoms with Crippen LogP contribution in [0.5, 0.6) is 0 Å². The average molecular weight is 276 g/mol. The molecular formula is C15H24N4O. The van der Waals surface area contributed by atoms with E-state index in [0.29, 0.717) is 0 Å². The molecule has 20 heavy (non-hydrogen) atoms. The summed E-state index contributed by atoms with van der Waals surface area (Å²) in [5.74, 6) is 0.160. The molecule has 0 amide bonds. The number of aryl methyl sites for hydroxylation is 1. The number of benzene rings is 1. The summed E-state index contributed by atoms with van der Waals surface area (Å²) in [7, 11) is 2.05. The highest BCUT2D eigenvalue weighted by atomic mass is 16.4. The summed E-state index contributed by atoms with van der Waals surface area (Å²) in [4.78, 5) is 4.66. The maximum absolute atomic E-state index is 8.90. The van der Waals surface area contributed by atoms with Crippen LogP contribution >= 0.6 is 0 Å². The molecule has 0 aliphatic carbocycles. The molecule has 1 heterocycles. The zero-order valence-electron chi connectivity index (χ0n) is 12.3. The predicted octanol–water partition coefficient (Wildman–Crippen LogP) is 1.62. The first kappa shape index (κ1) is 14.7. The van der Waals surface area contributed by atoms with Gasteiger partial charge in [0.15, 0.2) is 5.84 Å². The Morgan fingerprint density at radius 2 is 2.10 bits per heavy atom. The van der Waals surface area contributed by atoms with Gasteiger partial charge in [-0.25, -0.2) is 0 Å². The number of nitrogens with two attached hydrogens (primary N) is 1. The van der Waals surface area contributed by atoms with E-state index in [-0.39, 0.29) is 5.84 Å². The van der Waals surface area contributed by atoms with E-state index in [2.05, 4.69) is 28.1 Å². The molecule has 1 fully saturated rings. The first-order chi connectivity index (χ1) is 9.61. The van der Waals surface area contributed by atoms with Crippen LogP contribution in [0.4, 0.5) is 5.69 Å². The van der Waals surface area contributed by atoms with E-state index in [1.54, 1.807) is 0 Å². The van der Waals surface area contributed by atoms with Crippen molar-refractivity contribution in [3.05, 3.63) is 29.3 Å². The van der Waals surface area contributed by atoms with Crippen LogP contribution in [0.1, 0.15) is 24.0 Å². The lowest BCUT2D eigenvalue weighted by Gasteiger charge is -2.25. The van der Waals surface area contributed by atoms with E-state index in [1.165, 1.54) is 31.5 Å². The fraction of sp³-hybridized carbons (Fsp3) is 0.533. The van der Waals surface area contributed by atoms with Gasteiger partial charge in [0.05, 0.1) is 0 Å². The molecule has 5 nitrogen and oxygen atoms in total. The van der Waals surface area contributed by atoms with Gasteiger partial charge in [0.25, 0.3) is 0 Å². The number of hydrogen-bond donors (Lipinski definition) is 2. The molecule has 110 valence electrons. The van der Waals surface area contributed by atoms with Crippen LogP contribution in [0.3, 0.4) is 0 Å². The molecule has 0 bridgehead atoms. The van der Waals surface area contributed by atoms with Crippen molar-refractivity contribution in [3.8, 4) is 0 Å². The smallest absolute Gasteiger partial charge is 0.172 e. The molecule has 5 heteroatoms. The van der Waals surface area contributed by atoms with Crippen molar-refractivity contribution in [2.75, 3.05) is 38.1 Å². The van der Waals surface area contributed by atoms with E-state index in [0.717, 1.165) is 24.3 Å². The van der Waals surface area contributed by atoms with Crippen LogP contribution < -0.4 is 10.6 Å². The number of likely N-dealkylation sites (N-methyl/N-ethyl adjacent to an activating group) is 1. The fourth-order valence-corrected chi connectivity index (χ4v) is 2.65. The monoisotopic (exact) mass is 276 g/mol. The Labute approximate surface area is 120 Å². The molecule has 1 aliphatic rings. The molecule has 1 aromatic rings. The Morgan fingerprint density at radius 3 is 2.75 bits per heavy atom. The summed E-state index contributed by atoms with van der Waals surface area (Å²) in [6.45, 7) is 6.45. The standard InChI is InChI=1S/C15H24N4O/c1-12-5-6-13(15(16)17-20)14(11-12)18(2)9-10-19-7-3-4-8-19/h5-6,11,20H,3-4,7-10H2,1-2H3,(H2,16,17). The lowest BCUT2D eigenvalue weighted by molar-refractivity contribution is 0.318. The maximum atomic E-state index is 8.90. The Morgan fingerprint density at radius 1 is 1.40 bits per heavy atom. The second kappa shape index (κ2) is 6.61. The molecule has 0 atom stereocenters. The van der Waals surface area contributed by atoms with Crippen LogP contribution in [0.15, 0.2) is 23.4 Å². The van der Waals surface area contributed by atoms with Crippen molar-refractivity contribution in [2.45, 2.75) is 19.8 Å². The third kappa shape index (κ3) is 3.42. The molecule has 0 saturated carbocycles. The largest absolute Gasteiger partial charge is 0.409 e. The number of oxime groups is 1. The lowest BCUT2D eigenvalue weighted by atomic mass is 10.1. The van der Waals surface area contributed by atoms with Crippen LogP contribution in [0, 0.1) is 6.92 Å². The summed E-state index contributed by atoms with van der Waals surface area (Å²) >= 11 is 0. The Hall–Kier alpha value is -1.75. The van der Waals surface area contributed by atoms with Gasteiger partial charge in [-0.15, -0.1) is 0 Å². The molecule has 0 aromatic heterocycles. The highest BCUT2D eigenvalue weighted by Crippen LogP contribution is 2.21. The predicted molar refractivity (Wildman–Crippen MR) is 82.6 cm³/mol. The van der Waals surface area contributed by atoms with Gasteiger partial charge in [-0.1, -0.05) is 11.2 Å². The SMILES string of the molecule is Cc1ccc(C(N)=NO)c(N(C)CCN2CCCC2)c1. The van der Waals surface area contributed by atoms with Crippen LogP contribution in [-0.4, -0.2) is 49.2 Å². The van der Waals surface area contributed by atoms with Crippen molar-refractivity contribution in [1.82, 2.24) is 4.90 Å². The third-order valence-electron chi connectivity index (χ3n) is 3.90. The molecule has 0 radical (unpaired) electrons. The molecule has 1 aliphatic heterocycles. The van der Waals surface area contributed by atoms with Crippen molar-refractivity contribution in [3.63, 3.8) is 0 Å². The van der Waals surface area contributed by atoms with E-state index in [1.807, 2.05) is 19.1 Å². The molecular weight excluding hydrogens is 252 g/mol. The van der Waals surface area contributed by atoms with Crippen LogP contribution in [0.2, 0.25) is 0 Å². The van der Waals surface area contributed by atoms with E-state index in [9.17, 15) is 0 Å². The maximum Gasteiger partial charge on any atom is 0.172 e. The van der Waals surface area contributed by atoms with Gasteiger partial charge in [0.1, 0.15) is 0 Å². The Balaban J connectivity index is 2.10. The molecule has 3 N–H and O–H groups in total. The minimum absolute atomic E-state index is 0.160. The van der Waals surface area contributed by atoms with Crippen molar-refractivity contribution in [2.24, 2.45) is 10.9 Å². The molecule has 0 unspecified atom stereocenters. The molecule has 1 saturated heterocycles. The van der Waals surface area contributed by atoms with Gasteiger partial charge < -0.3 is 20.7 Å².